The minimum absolute atomic E-state index is 0.0499. The molecule has 1 aromatic carbocycles. The number of carbonyl (C=O) groups is 3. The molecule has 1 saturated heterocycles. The van der Waals surface area contributed by atoms with E-state index in [-0.39, 0.29) is 11.8 Å². The van der Waals surface area contributed by atoms with Crippen molar-refractivity contribution >= 4 is 68.6 Å². The zero-order chi connectivity index (χ0) is 23.1. The van der Waals surface area contributed by atoms with Crippen LogP contribution in [0, 0.1) is 6.92 Å². The van der Waals surface area contributed by atoms with Crippen molar-refractivity contribution in [2.75, 3.05) is 19.0 Å². The number of rotatable bonds is 9. The van der Waals surface area contributed by atoms with E-state index in [1.165, 1.54) is 30.2 Å². The van der Waals surface area contributed by atoms with Crippen molar-refractivity contribution in [3.63, 3.8) is 0 Å². The van der Waals surface area contributed by atoms with Crippen LogP contribution in [0.3, 0.4) is 0 Å². The van der Waals surface area contributed by atoms with Gasteiger partial charge in [-0.15, -0.1) is 11.3 Å². The van der Waals surface area contributed by atoms with E-state index in [9.17, 15) is 14.4 Å². The Labute approximate surface area is 200 Å². The SMILES string of the molecule is COC(=O)c1ccc(/C=C2/SC(=S)N(CCCCCC(=O)Nc3nc(C)cs3)C2=O)cc1. The summed E-state index contributed by atoms with van der Waals surface area (Å²) in [5.74, 6) is -0.571. The van der Waals surface area contributed by atoms with Gasteiger partial charge >= 0.3 is 5.97 Å². The summed E-state index contributed by atoms with van der Waals surface area (Å²) in [4.78, 5) is 42.6. The predicted octanol–water partition coefficient (Wildman–Crippen LogP) is 4.64. The number of nitrogens with one attached hydrogen (secondary N) is 1. The molecule has 1 fully saturated rings. The smallest absolute Gasteiger partial charge is 0.337 e. The molecule has 0 aliphatic carbocycles. The summed E-state index contributed by atoms with van der Waals surface area (Å²) >= 11 is 8.06. The van der Waals surface area contributed by atoms with Crippen molar-refractivity contribution in [3.8, 4) is 0 Å². The first-order chi connectivity index (χ1) is 15.4. The monoisotopic (exact) mass is 489 g/mol. The van der Waals surface area contributed by atoms with E-state index in [2.05, 4.69) is 15.0 Å². The van der Waals surface area contributed by atoms with E-state index in [0.29, 0.717) is 32.9 Å². The van der Waals surface area contributed by atoms with E-state index in [1.807, 2.05) is 12.3 Å². The van der Waals surface area contributed by atoms with Crippen LogP contribution in [-0.2, 0) is 14.3 Å². The van der Waals surface area contributed by atoms with Crippen molar-refractivity contribution in [1.29, 1.82) is 0 Å². The summed E-state index contributed by atoms with van der Waals surface area (Å²) in [6.07, 6.45) is 4.49. The lowest BCUT2D eigenvalue weighted by Crippen LogP contribution is -2.29. The van der Waals surface area contributed by atoms with E-state index in [1.54, 1.807) is 35.2 Å². The average Bonchev–Trinajstić information content (AvgIpc) is 3.30. The molecule has 1 aliphatic rings. The molecule has 0 bridgehead atoms. The van der Waals surface area contributed by atoms with Gasteiger partial charge < -0.3 is 10.1 Å². The summed E-state index contributed by atoms with van der Waals surface area (Å²) in [5, 5.41) is 5.31. The van der Waals surface area contributed by atoms with E-state index < -0.39 is 5.97 Å². The molecule has 32 heavy (non-hydrogen) atoms. The van der Waals surface area contributed by atoms with Crippen LogP contribution >= 0.6 is 35.3 Å². The molecule has 1 aliphatic heterocycles. The number of ether oxygens (including phenoxy) is 1. The predicted molar refractivity (Wildman–Crippen MR) is 132 cm³/mol. The van der Waals surface area contributed by atoms with Crippen LogP contribution in [0.25, 0.3) is 6.08 Å². The molecule has 2 amide bonds. The third-order valence-electron chi connectivity index (χ3n) is 4.65. The zero-order valence-electron chi connectivity index (χ0n) is 17.8. The summed E-state index contributed by atoms with van der Waals surface area (Å²) in [7, 11) is 1.33. The van der Waals surface area contributed by atoms with Crippen LogP contribution in [-0.4, -0.2) is 45.6 Å². The first-order valence-electron chi connectivity index (χ1n) is 10.0. The number of methoxy groups -OCH3 is 1. The normalized spacial score (nSPS) is 14.8. The molecule has 1 N–H and O–H groups in total. The minimum Gasteiger partial charge on any atom is -0.465 e. The van der Waals surface area contributed by atoms with Crippen molar-refractivity contribution in [2.24, 2.45) is 0 Å². The molecule has 2 heterocycles. The highest BCUT2D eigenvalue weighted by atomic mass is 32.2. The number of hydrogen-bond donors (Lipinski definition) is 1. The highest BCUT2D eigenvalue weighted by Crippen LogP contribution is 2.32. The Hall–Kier alpha value is -2.56. The van der Waals surface area contributed by atoms with E-state index in [0.717, 1.165) is 30.5 Å². The molecule has 0 saturated carbocycles. The molecule has 0 unspecified atom stereocenters. The first-order valence-corrected chi connectivity index (χ1v) is 12.1. The maximum absolute atomic E-state index is 12.7. The molecular formula is C22H23N3O4S3. The number of amides is 2. The van der Waals surface area contributed by atoms with Crippen LogP contribution in [0.2, 0.25) is 0 Å². The second-order valence-corrected chi connectivity index (χ2v) is 9.63. The molecule has 0 atom stereocenters. The van der Waals surface area contributed by atoms with Crippen molar-refractivity contribution < 1.29 is 19.1 Å². The van der Waals surface area contributed by atoms with Crippen LogP contribution in [0.4, 0.5) is 5.13 Å². The largest absolute Gasteiger partial charge is 0.465 e. The Bertz CT molecular complexity index is 1050. The lowest BCUT2D eigenvalue weighted by Gasteiger charge is -2.14. The maximum atomic E-state index is 12.7. The number of anilines is 1. The number of esters is 1. The van der Waals surface area contributed by atoms with Crippen molar-refractivity contribution in [3.05, 3.63) is 51.4 Å². The Kier molecular flexibility index (Phi) is 8.54. The molecule has 7 nitrogen and oxygen atoms in total. The number of nitrogens with zero attached hydrogens (tertiary/aromatic N) is 2. The fourth-order valence-corrected chi connectivity index (χ4v) is 5.02. The summed E-state index contributed by atoms with van der Waals surface area (Å²) in [5.41, 5.74) is 2.15. The number of aryl methyl sites for hydroxylation is 1. The van der Waals surface area contributed by atoms with Gasteiger partial charge in [-0.3, -0.25) is 14.5 Å². The van der Waals surface area contributed by atoms with Gasteiger partial charge in [0.15, 0.2) is 5.13 Å². The molecular weight excluding hydrogens is 466 g/mol. The van der Waals surface area contributed by atoms with Gasteiger partial charge in [-0.25, -0.2) is 9.78 Å². The van der Waals surface area contributed by atoms with E-state index in [4.69, 9.17) is 12.2 Å². The Morgan fingerprint density at radius 1 is 1.22 bits per heavy atom. The molecule has 1 aromatic heterocycles. The van der Waals surface area contributed by atoms with Gasteiger partial charge in [-0.2, -0.15) is 0 Å². The Balaban J connectivity index is 1.44. The maximum Gasteiger partial charge on any atom is 0.337 e. The number of thiazole rings is 1. The molecule has 0 spiro atoms. The van der Waals surface area contributed by atoms with Gasteiger partial charge in [0.1, 0.15) is 4.32 Å². The summed E-state index contributed by atoms with van der Waals surface area (Å²) in [6.45, 7) is 2.41. The summed E-state index contributed by atoms with van der Waals surface area (Å²) < 4.78 is 5.22. The molecule has 3 rings (SSSR count). The second-order valence-electron chi connectivity index (χ2n) is 7.10. The van der Waals surface area contributed by atoms with Gasteiger partial charge in [0.25, 0.3) is 5.91 Å². The number of carbonyl (C=O) groups excluding carboxylic acids is 3. The standard InChI is InChI=1S/C22H23N3O4S3/c1-14-13-31-21(23-14)24-18(26)6-4-3-5-11-25-19(27)17(32-22(25)30)12-15-7-9-16(10-8-15)20(28)29-2/h7-10,12-13H,3-6,11H2,1-2H3,(H,23,24,26)/b17-12+. The number of aromatic nitrogens is 1. The Morgan fingerprint density at radius 2 is 1.97 bits per heavy atom. The first kappa shape index (κ1) is 24.1. The zero-order valence-corrected chi connectivity index (χ0v) is 20.2. The number of unbranched alkanes of at least 4 members (excludes halogenated alkanes) is 2. The lowest BCUT2D eigenvalue weighted by atomic mass is 10.1. The average molecular weight is 490 g/mol. The van der Waals surface area contributed by atoms with E-state index >= 15 is 0 Å². The number of thiocarbonyl (C=S) groups is 1. The topological polar surface area (TPSA) is 88.6 Å². The summed E-state index contributed by atoms with van der Waals surface area (Å²) in [6, 6.07) is 6.84. The van der Waals surface area contributed by atoms with Crippen LogP contribution in [0.15, 0.2) is 34.6 Å². The van der Waals surface area contributed by atoms with Gasteiger partial charge in [-0.05, 0) is 43.5 Å². The third kappa shape index (κ3) is 6.47. The molecule has 0 radical (unpaired) electrons. The van der Waals surface area contributed by atoms with Crippen LogP contribution in [0.5, 0.6) is 0 Å². The third-order valence-corrected chi connectivity index (χ3v) is 6.91. The van der Waals surface area contributed by atoms with Gasteiger partial charge in [0, 0.05) is 18.3 Å². The van der Waals surface area contributed by atoms with Crippen LogP contribution in [0.1, 0.15) is 47.3 Å². The highest BCUT2D eigenvalue weighted by Gasteiger charge is 2.31. The minimum atomic E-state index is -0.404. The van der Waals surface area contributed by atoms with Gasteiger partial charge in [-0.1, -0.05) is 42.5 Å². The fraction of sp³-hybridized carbons (Fsp3) is 0.318. The lowest BCUT2D eigenvalue weighted by molar-refractivity contribution is -0.122. The van der Waals surface area contributed by atoms with Gasteiger partial charge in [0.05, 0.1) is 23.3 Å². The molecule has 168 valence electrons. The quantitative estimate of drug-likeness (QED) is 0.238. The Morgan fingerprint density at radius 3 is 2.62 bits per heavy atom. The molecule has 10 heteroatoms. The van der Waals surface area contributed by atoms with Crippen molar-refractivity contribution in [1.82, 2.24) is 9.88 Å². The number of hydrogen-bond acceptors (Lipinski definition) is 8. The molecule has 2 aromatic rings. The second kappa shape index (κ2) is 11.3. The van der Waals surface area contributed by atoms with Crippen LogP contribution < -0.4 is 5.32 Å². The highest BCUT2D eigenvalue weighted by molar-refractivity contribution is 8.26. The number of thioether (sulfide) groups is 1. The van der Waals surface area contributed by atoms with Crippen molar-refractivity contribution in [2.45, 2.75) is 32.6 Å². The fourth-order valence-electron chi connectivity index (χ4n) is 3.00. The number of benzene rings is 1. The van der Waals surface area contributed by atoms with Gasteiger partial charge in [0.2, 0.25) is 5.91 Å².